The van der Waals surface area contributed by atoms with Gasteiger partial charge in [-0.3, -0.25) is 0 Å². The molecule has 0 spiro atoms. The third-order valence-electron chi connectivity index (χ3n) is 3.69. The Morgan fingerprint density at radius 2 is 1.75 bits per heavy atom. The molecule has 20 heavy (non-hydrogen) atoms. The SMILES string of the molecule is Cc1ccc(C(CN)C(O)c2ccc(Br)cc2C)cc1. The summed E-state index contributed by atoms with van der Waals surface area (Å²) in [4.78, 5) is 0. The highest BCUT2D eigenvalue weighted by atomic mass is 79.9. The van der Waals surface area contributed by atoms with Crippen LogP contribution in [0.15, 0.2) is 46.9 Å². The number of aryl methyl sites for hydroxylation is 2. The van der Waals surface area contributed by atoms with Crippen LogP contribution in [0.3, 0.4) is 0 Å². The van der Waals surface area contributed by atoms with Crippen LogP contribution in [-0.4, -0.2) is 11.7 Å². The highest BCUT2D eigenvalue weighted by molar-refractivity contribution is 9.10. The van der Waals surface area contributed by atoms with E-state index in [4.69, 9.17) is 5.73 Å². The van der Waals surface area contributed by atoms with E-state index in [-0.39, 0.29) is 5.92 Å². The van der Waals surface area contributed by atoms with Crippen molar-refractivity contribution in [3.8, 4) is 0 Å². The maximum atomic E-state index is 10.7. The summed E-state index contributed by atoms with van der Waals surface area (Å²) in [5.41, 5.74) is 10.2. The zero-order valence-electron chi connectivity index (χ0n) is 11.8. The molecular weight excluding hydrogens is 314 g/mol. The maximum Gasteiger partial charge on any atom is 0.0873 e. The molecule has 2 aromatic carbocycles. The van der Waals surface area contributed by atoms with Crippen LogP contribution in [-0.2, 0) is 0 Å². The van der Waals surface area contributed by atoms with E-state index < -0.39 is 6.10 Å². The fraction of sp³-hybridized carbons (Fsp3) is 0.294. The van der Waals surface area contributed by atoms with Crippen LogP contribution < -0.4 is 5.73 Å². The van der Waals surface area contributed by atoms with Gasteiger partial charge in [-0.1, -0.05) is 51.8 Å². The first-order valence-corrected chi connectivity index (χ1v) is 7.53. The first-order chi connectivity index (χ1) is 9.52. The minimum atomic E-state index is -0.587. The summed E-state index contributed by atoms with van der Waals surface area (Å²) in [6.07, 6.45) is -0.587. The Morgan fingerprint density at radius 3 is 2.30 bits per heavy atom. The molecule has 0 saturated heterocycles. The molecule has 0 amide bonds. The average Bonchev–Trinajstić information content (AvgIpc) is 2.41. The minimum absolute atomic E-state index is 0.0875. The number of halogens is 1. The molecule has 2 nitrogen and oxygen atoms in total. The second-order valence-electron chi connectivity index (χ2n) is 5.20. The van der Waals surface area contributed by atoms with Crippen LogP contribution in [0.25, 0.3) is 0 Å². The lowest BCUT2D eigenvalue weighted by atomic mass is 9.87. The zero-order valence-corrected chi connectivity index (χ0v) is 13.4. The van der Waals surface area contributed by atoms with Crippen LogP contribution in [0.1, 0.15) is 34.3 Å². The zero-order chi connectivity index (χ0) is 14.7. The largest absolute Gasteiger partial charge is 0.388 e. The van der Waals surface area contributed by atoms with E-state index in [1.165, 1.54) is 5.56 Å². The Bertz CT molecular complexity index is 580. The van der Waals surface area contributed by atoms with Crippen molar-refractivity contribution in [1.29, 1.82) is 0 Å². The third-order valence-corrected chi connectivity index (χ3v) is 4.18. The molecule has 0 aliphatic carbocycles. The molecule has 2 rings (SSSR count). The lowest BCUT2D eigenvalue weighted by molar-refractivity contribution is 0.147. The molecule has 0 bridgehead atoms. The van der Waals surface area contributed by atoms with Crippen molar-refractivity contribution in [2.45, 2.75) is 25.9 Å². The summed E-state index contributed by atoms with van der Waals surface area (Å²) < 4.78 is 1.02. The molecule has 0 heterocycles. The number of rotatable bonds is 4. The van der Waals surface area contributed by atoms with E-state index in [0.29, 0.717) is 6.54 Å². The van der Waals surface area contributed by atoms with Crippen molar-refractivity contribution in [3.63, 3.8) is 0 Å². The van der Waals surface area contributed by atoms with E-state index in [0.717, 1.165) is 21.2 Å². The maximum absolute atomic E-state index is 10.7. The Hall–Kier alpha value is -1.16. The van der Waals surface area contributed by atoms with Crippen LogP contribution in [0.4, 0.5) is 0 Å². The fourth-order valence-electron chi connectivity index (χ4n) is 2.45. The summed E-state index contributed by atoms with van der Waals surface area (Å²) in [5, 5.41) is 10.7. The summed E-state index contributed by atoms with van der Waals surface area (Å²) >= 11 is 3.45. The summed E-state index contributed by atoms with van der Waals surface area (Å²) in [6.45, 7) is 4.47. The van der Waals surface area contributed by atoms with Gasteiger partial charge in [0.05, 0.1) is 6.10 Å². The Labute approximate surface area is 128 Å². The molecule has 3 heteroatoms. The van der Waals surface area contributed by atoms with Crippen LogP contribution in [0.5, 0.6) is 0 Å². The van der Waals surface area contributed by atoms with Crippen molar-refractivity contribution in [3.05, 3.63) is 69.2 Å². The van der Waals surface area contributed by atoms with Gasteiger partial charge in [0, 0.05) is 16.9 Å². The fourth-order valence-corrected chi connectivity index (χ4v) is 2.92. The lowest BCUT2D eigenvalue weighted by Crippen LogP contribution is -2.20. The van der Waals surface area contributed by atoms with Crippen molar-refractivity contribution in [1.82, 2.24) is 0 Å². The van der Waals surface area contributed by atoms with Gasteiger partial charge in [-0.15, -0.1) is 0 Å². The minimum Gasteiger partial charge on any atom is -0.388 e. The second-order valence-corrected chi connectivity index (χ2v) is 6.11. The molecule has 0 aliphatic rings. The molecule has 0 aromatic heterocycles. The average molecular weight is 334 g/mol. The van der Waals surface area contributed by atoms with Gasteiger partial charge in [-0.2, -0.15) is 0 Å². The van der Waals surface area contributed by atoms with E-state index in [1.807, 2.05) is 37.3 Å². The van der Waals surface area contributed by atoms with Gasteiger partial charge in [-0.25, -0.2) is 0 Å². The van der Waals surface area contributed by atoms with Crippen LogP contribution >= 0.6 is 15.9 Å². The molecule has 106 valence electrons. The normalized spacial score (nSPS) is 14.1. The molecule has 2 atom stereocenters. The van der Waals surface area contributed by atoms with Gasteiger partial charge in [0.2, 0.25) is 0 Å². The topological polar surface area (TPSA) is 46.2 Å². The molecule has 0 aliphatic heterocycles. The monoisotopic (exact) mass is 333 g/mol. The van der Waals surface area contributed by atoms with Crippen molar-refractivity contribution < 1.29 is 5.11 Å². The molecule has 2 aromatic rings. The number of benzene rings is 2. The molecule has 2 unspecified atom stereocenters. The van der Waals surface area contributed by atoms with E-state index >= 15 is 0 Å². The van der Waals surface area contributed by atoms with Gasteiger partial charge in [0.1, 0.15) is 0 Å². The predicted octanol–water partition coefficient (Wildman–Crippen LogP) is 3.84. The number of hydrogen-bond acceptors (Lipinski definition) is 2. The smallest absolute Gasteiger partial charge is 0.0873 e. The number of aliphatic hydroxyl groups is 1. The second kappa shape index (κ2) is 6.53. The third kappa shape index (κ3) is 3.29. The van der Waals surface area contributed by atoms with Gasteiger partial charge in [0.25, 0.3) is 0 Å². The summed E-state index contributed by atoms with van der Waals surface area (Å²) in [7, 11) is 0. The first kappa shape index (κ1) is 15.2. The summed E-state index contributed by atoms with van der Waals surface area (Å²) in [6, 6.07) is 14.1. The van der Waals surface area contributed by atoms with E-state index in [1.54, 1.807) is 0 Å². The summed E-state index contributed by atoms with van der Waals surface area (Å²) in [5.74, 6) is -0.0875. The predicted molar refractivity (Wildman–Crippen MR) is 86.8 cm³/mol. The highest BCUT2D eigenvalue weighted by Crippen LogP contribution is 2.33. The quantitative estimate of drug-likeness (QED) is 0.892. The van der Waals surface area contributed by atoms with Crippen molar-refractivity contribution in [2.75, 3.05) is 6.54 Å². The number of hydrogen-bond donors (Lipinski definition) is 2. The first-order valence-electron chi connectivity index (χ1n) is 6.73. The van der Waals surface area contributed by atoms with Crippen LogP contribution in [0, 0.1) is 13.8 Å². The van der Waals surface area contributed by atoms with Gasteiger partial charge in [-0.05, 0) is 42.7 Å². The molecule has 0 fully saturated rings. The van der Waals surface area contributed by atoms with Gasteiger partial charge >= 0.3 is 0 Å². The Kier molecular flexibility index (Phi) is 4.97. The Morgan fingerprint density at radius 1 is 1.10 bits per heavy atom. The standard InChI is InChI=1S/C17H20BrNO/c1-11-3-5-13(6-4-11)16(10-19)17(20)15-8-7-14(18)9-12(15)2/h3-9,16-17,20H,10,19H2,1-2H3. The lowest BCUT2D eigenvalue weighted by Gasteiger charge is -2.24. The molecular formula is C17H20BrNO. The molecule has 0 radical (unpaired) electrons. The molecule has 0 saturated carbocycles. The van der Waals surface area contributed by atoms with Crippen molar-refractivity contribution in [2.24, 2.45) is 5.73 Å². The Balaban J connectivity index is 2.33. The van der Waals surface area contributed by atoms with Crippen molar-refractivity contribution >= 4 is 15.9 Å². The number of aliphatic hydroxyl groups excluding tert-OH is 1. The van der Waals surface area contributed by atoms with Crippen LogP contribution in [0.2, 0.25) is 0 Å². The van der Waals surface area contributed by atoms with Gasteiger partial charge < -0.3 is 10.8 Å². The highest BCUT2D eigenvalue weighted by Gasteiger charge is 2.22. The molecule has 3 N–H and O–H groups in total. The van der Waals surface area contributed by atoms with E-state index in [2.05, 4.69) is 35.0 Å². The van der Waals surface area contributed by atoms with E-state index in [9.17, 15) is 5.11 Å². The van der Waals surface area contributed by atoms with Gasteiger partial charge in [0.15, 0.2) is 0 Å². The number of nitrogens with two attached hydrogens (primary N) is 1.